The first-order chi connectivity index (χ1) is 19.6. The molecule has 4 aliphatic rings. The lowest BCUT2D eigenvalue weighted by Gasteiger charge is -2.57. The van der Waals surface area contributed by atoms with Gasteiger partial charge in [-0.1, -0.05) is 56.3 Å². The molecule has 1 amide bonds. The van der Waals surface area contributed by atoms with Gasteiger partial charge in [0, 0.05) is 37.6 Å². The maximum absolute atomic E-state index is 14.6. The molecule has 3 fully saturated rings. The fraction of sp³-hybridized carbons (Fsp3) is 0.625. The number of Topliss-reactive ketones (excluding diaryl/α,β-unsaturated/α-hetero) is 1. The molecule has 3 N–H and O–H groups in total. The summed E-state index contributed by atoms with van der Waals surface area (Å²) in [4.78, 5) is 53.1. The largest absolute Gasteiger partial charge is 0.459 e. The number of rotatable bonds is 4. The number of esters is 2. The lowest BCUT2D eigenvalue weighted by atomic mass is 9.48. The van der Waals surface area contributed by atoms with Gasteiger partial charge in [0.15, 0.2) is 5.78 Å². The van der Waals surface area contributed by atoms with Crippen molar-refractivity contribution in [3.8, 4) is 0 Å². The normalized spacial score (nSPS) is 45.3. The number of fused-ring (bicyclic) bond motifs is 1. The number of hydrogen-bond donors (Lipinski definition) is 3. The third-order valence-corrected chi connectivity index (χ3v) is 10.1. The lowest BCUT2D eigenvalue weighted by molar-refractivity contribution is -0.234. The van der Waals surface area contributed by atoms with Crippen LogP contribution < -0.4 is 5.32 Å². The Labute approximate surface area is 245 Å². The van der Waals surface area contributed by atoms with E-state index in [-0.39, 0.29) is 6.42 Å². The first-order valence-corrected chi connectivity index (χ1v) is 14.7. The second-order valence-corrected chi connectivity index (χ2v) is 12.9. The number of ketones is 1. The molecule has 2 aliphatic heterocycles. The van der Waals surface area contributed by atoms with Crippen LogP contribution in [0.25, 0.3) is 0 Å². The molecule has 1 saturated carbocycles. The van der Waals surface area contributed by atoms with Crippen molar-refractivity contribution in [2.24, 2.45) is 29.1 Å². The van der Waals surface area contributed by atoms with Gasteiger partial charge in [-0.15, -0.1) is 0 Å². The zero-order valence-corrected chi connectivity index (χ0v) is 24.9. The van der Waals surface area contributed by atoms with Crippen molar-refractivity contribution in [1.29, 1.82) is 0 Å². The van der Waals surface area contributed by atoms with E-state index in [0.717, 1.165) is 5.56 Å². The van der Waals surface area contributed by atoms with Crippen molar-refractivity contribution < 1.29 is 43.6 Å². The molecule has 2 aliphatic carbocycles. The van der Waals surface area contributed by atoms with Gasteiger partial charge in [0.25, 0.3) is 0 Å². The first kappa shape index (κ1) is 30.4. The standard InChI is InChI=1S/C32H41NO9/c1-16-11-10-14-21-26(40-18(3)34)30(5,38)17(2)23-22(15-20-12-8-7-9-13-20)33-29(37)32(21,23)28(41-19(4)35)24-27(42-24)31(6,39)25(16)36/h7-10,12-14,16-17,21-24,26-28,38-39H,11,15H2,1-6H3,(H,33,37)/b14-10+/t16-,17-,21-,22-,23-,24+,26-,27-,28+,30+,31-,32-/m0/s1. The third kappa shape index (κ3) is 4.68. The van der Waals surface area contributed by atoms with Gasteiger partial charge in [0.1, 0.15) is 41.0 Å². The Morgan fingerprint density at radius 3 is 2.26 bits per heavy atom. The number of allylic oxidation sites excluding steroid dienone is 1. The van der Waals surface area contributed by atoms with Gasteiger partial charge in [-0.25, -0.2) is 0 Å². The quantitative estimate of drug-likeness (QED) is 0.274. The number of aliphatic hydroxyl groups is 2. The molecular formula is C32H41NO9. The van der Waals surface area contributed by atoms with Crippen LogP contribution >= 0.6 is 0 Å². The molecule has 2 saturated heterocycles. The van der Waals surface area contributed by atoms with Crippen molar-refractivity contribution in [1.82, 2.24) is 5.32 Å². The molecule has 42 heavy (non-hydrogen) atoms. The van der Waals surface area contributed by atoms with Crippen LogP contribution in [0.2, 0.25) is 0 Å². The Morgan fingerprint density at radius 2 is 1.64 bits per heavy atom. The Hall–Kier alpha value is -3.08. The number of carbonyl (C=O) groups is 4. The van der Waals surface area contributed by atoms with Crippen LogP contribution in [-0.2, 0) is 39.8 Å². The molecule has 5 rings (SSSR count). The molecule has 10 heteroatoms. The van der Waals surface area contributed by atoms with E-state index in [4.69, 9.17) is 14.2 Å². The average molecular weight is 584 g/mol. The van der Waals surface area contributed by atoms with Gasteiger partial charge in [-0.3, -0.25) is 19.2 Å². The third-order valence-electron chi connectivity index (χ3n) is 10.1. The highest BCUT2D eigenvalue weighted by atomic mass is 16.6. The molecule has 2 heterocycles. The Morgan fingerprint density at radius 1 is 1.02 bits per heavy atom. The van der Waals surface area contributed by atoms with Crippen molar-refractivity contribution in [3.63, 3.8) is 0 Å². The predicted octanol–water partition coefficient (Wildman–Crippen LogP) is 1.89. The van der Waals surface area contributed by atoms with Gasteiger partial charge >= 0.3 is 11.9 Å². The van der Waals surface area contributed by atoms with Gasteiger partial charge in [0.05, 0.1) is 0 Å². The first-order valence-electron chi connectivity index (χ1n) is 14.7. The number of carbonyl (C=O) groups excluding carboxylic acids is 4. The number of epoxide rings is 1. The molecule has 1 aromatic carbocycles. The molecule has 0 bridgehead atoms. The molecule has 0 radical (unpaired) electrons. The molecule has 0 aromatic heterocycles. The van der Waals surface area contributed by atoms with Gasteiger partial charge < -0.3 is 29.7 Å². The number of nitrogens with one attached hydrogen (secondary N) is 1. The highest BCUT2D eigenvalue weighted by molar-refractivity contribution is 5.91. The minimum atomic E-state index is -1.90. The molecule has 1 spiro atoms. The molecule has 10 nitrogen and oxygen atoms in total. The summed E-state index contributed by atoms with van der Waals surface area (Å²) in [5, 5.41) is 26.6. The zero-order chi connectivity index (χ0) is 30.8. The number of ether oxygens (including phenoxy) is 3. The van der Waals surface area contributed by atoms with E-state index in [1.54, 1.807) is 26.0 Å². The van der Waals surface area contributed by atoms with E-state index in [2.05, 4.69) is 5.32 Å². The fourth-order valence-corrected chi connectivity index (χ4v) is 8.02. The number of hydrogen-bond acceptors (Lipinski definition) is 9. The smallest absolute Gasteiger partial charge is 0.303 e. The second kappa shape index (κ2) is 10.6. The van der Waals surface area contributed by atoms with Crippen LogP contribution in [0.1, 0.15) is 53.5 Å². The van der Waals surface area contributed by atoms with Gasteiger partial charge in [0.2, 0.25) is 5.91 Å². The fourth-order valence-electron chi connectivity index (χ4n) is 8.02. The summed E-state index contributed by atoms with van der Waals surface area (Å²) in [5.74, 6) is -5.01. The minimum absolute atomic E-state index is 0.224. The molecule has 12 atom stereocenters. The van der Waals surface area contributed by atoms with E-state index in [1.165, 1.54) is 20.8 Å². The minimum Gasteiger partial charge on any atom is -0.459 e. The Kier molecular flexibility index (Phi) is 7.65. The number of amides is 1. The summed E-state index contributed by atoms with van der Waals surface area (Å²) >= 11 is 0. The van der Waals surface area contributed by atoms with Crippen molar-refractivity contribution in [2.75, 3.05) is 0 Å². The molecule has 0 unspecified atom stereocenters. The second-order valence-electron chi connectivity index (χ2n) is 12.9. The summed E-state index contributed by atoms with van der Waals surface area (Å²) in [7, 11) is 0. The maximum atomic E-state index is 14.6. The van der Waals surface area contributed by atoms with E-state index in [9.17, 15) is 29.4 Å². The average Bonchev–Trinajstić information content (AvgIpc) is 3.66. The Bertz CT molecular complexity index is 1290. The molecular weight excluding hydrogens is 542 g/mol. The van der Waals surface area contributed by atoms with Crippen LogP contribution in [0, 0.1) is 29.1 Å². The van der Waals surface area contributed by atoms with Crippen LogP contribution in [-0.4, -0.2) is 75.5 Å². The van der Waals surface area contributed by atoms with Crippen LogP contribution in [0.5, 0.6) is 0 Å². The summed E-state index contributed by atoms with van der Waals surface area (Å²) in [6, 6.07) is 9.12. The van der Waals surface area contributed by atoms with E-state index in [0.29, 0.717) is 6.42 Å². The predicted molar refractivity (Wildman–Crippen MR) is 150 cm³/mol. The number of benzene rings is 1. The van der Waals surface area contributed by atoms with Gasteiger partial charge in [-0.2, -0.15) is 0 Å². The Balaban J connectivity index is 1.76. The van der Waals surface area contributed by atoms with E-state index in [1.807, 2.05) is 37.3 Å². The molecule has 1 aromatic rings. The summed E-state index contributed by atoms with van der Waals surface area (Å²) < 4.78 is 17.8. The highest BCUT2D eigenvalue weighted by Gasteiger charge is 2.77. The SMILES string of the molecule is CC(=O)O[C@@H]1[C@@H]2O[C@@H]2[C@@](C)(O)C(=O)[C@@H](C)C/C=C/[C@H]2[C@H](OC(C)=O)[C@](C)(O)[C@@H](C)[C@H]3[C@H](Cc4ccccc4)NC(=O)[C@@]312. The van der Waals surface area contributed by atoms with Crippen LogP contribution in [0.4, 0.5) is 0 Å². The highest BCUT2D eigenvalue weighted by Crippen LogP contribution is 2.62. The molecule has 228 valence electrons. The topological polar surface area (TPSA) is 152 Å². The maximum Gasteiger partial charge on any atom is 0.303 e. The monoisotopic (exact) mass is 583 g/mol. The lowest BCUT2D eigenvalue weighted by Crippen LogP contribution is -2.70. The summed E-state index contributed by atoms with van der Waals surface area (Å²) in [5.41, 5.74) is -4.10. The van der Waals surface area contributed by atoms with Crippen LogP contribution in [0.3, 0.4) is 0 Å². The zero-order valence-electron chi connectivity index (χ0n) is 24.9. The summed E-state index contributed by atoms with van der Waals surface area (Å²) in [6.07, 6.45) is -0.382. The van der Waals surface area contributed by atoms with Crippen molar-refractivity contribution >= 4 is 23.6 Å². The van der Waals surface area contributed by atoms with E-state index < -0.39 is 94.4 Å². The van der Waals surface area contributed by atoms with Crippen molar-refractivity contribution in [2.45, 2.75) is 96.0 Å². The van der Waals surface area contributed by atoms with Crippen molar-refractivity contribution in [3.05, 3.63) is 48.0 Å². The van der Waals surface area contributed by atoms with Crippen LogP contribution in [0.15, 0.2) is 42.5 Å². The van der Waals surface area contributed by atoms with Gasteiger partial charge in [-0.05, 0) is 38.2 Å². The summed E-state index contributed by atoms with van der Waals surface area (Å²) in [6.45, 7) is 8.96. The van der Waals surface area contributed by atoms with E-state index >= 15 is 0 Å².